The molecule has 5 N–H and O–H groups in total. The summed E-state index contributed by atoms with van der Waals surface area (Å²) in [5.41, 5.74) is 8.88. The Bertz CT molecular complexity index is 130. The third-order valence-corrected chi connectivity index (χ3v) is 0.954. The van der Waals surface area contributed by atoms with E-state index in [1.165, 1.54) is 20.6 Å². The van der Waals surface area contributed by atoms with Gasteiger partial charge in [-0.15, -0.1) is 0 Å². The maximum Gasteiger partial charge on any atom is 0.320 e. The van der Waals surface area contributed by atoms with E-state index >= 15 is 0 Å². The highest BCUT2D eigenvalue weighted by atomic mass is 16.2. The number of amides is 4. The molecule has 0 bridgehead atoms. The maximum absolute atomic E-state index is 9.62. The number of nitrogens with two attached hydrogens (primary N) is 2. The first-order valence-corrected chi connectivity index (χ1v) is 3.90. The average Bonchev–Trinajstić information content (AvgIpc) is 1.87. The molecule has 0 aliphatic heterocycles. The summed E-state index contributed by atoms with van der Waals surface area (Å²) in [4.78, 5) is 19.2. The second-order valence-electron chi connectivity index (χ2n) is 2.21. The zero-order chi connectivity index (χ0) is 9.98. The lowest BCUT2D eigenvalue weighted by Gasteiger charge is -1.88. The Morgan fingerprint density at radius 1 is 1.42 bits per heavy atom. The van der Waals surface area contributed by atoms with Crippen LogP contribution >= 0.6 is 0 Å². The van der Waals surface area contributed by atoms with Crippen molar-refractivity contribution in [1.29, 1.82) is 0 Å². The molecular formula is C4H14B3N3O2. The largest absolute Gasteiger partial charge is 0.351 e. The molecular weight excluding hydrogens is 154 g/mol. The Kier molecular flexibility index (Phi) is 11.2. The lowest BCUT2D eigenvalue weighted by atomic mass is 9.27. The minimum atomic E-state index is -0.938. The fraction of sp³-hybridized carbons (Fsp3) is 0.500. The fourth-order valence-electron chi connectivity index (χ4n) is 0.475. The Hall–Kier alpha value is -1.07. The minimum absolute atomic E-state index is 0.937. The number of imide groups is 1. The number of carbonyl (C=O) groups is 2. The third kappa shape index (κ3) is 23.1. The Morgan fingerprint density at radius 3 is 1.83 bits per heavy atom. The summed E-state index contributed by atoms with van der Waals surface area (Å²) in [5, 5.41) is 1.58. The predicted molar refractivity (Wildman–Crippen MR) is 55.6 cm³/mol. The van der Waals surface area contributed by atoms with Crippen molar-refractivity contribution in [3.05, 3.63) is 0 Å². The summed E-state index contributed by atoms with van der Waals surface area (Å²) in [5.74, 6) is 0. The van der Waals surface area contributed by atoms with Gasteiger partial charge in [0.05, 0.1) is 22.0 Å². The van der Waals surface area contributed by atoms with E-state index in [-0.39, 0.29) is 0 Å². The van der Waals surface area contributed by atoms with Crippen LogP contribution in [0.5, 0.6) is 0 Å². The van der Waals surface area contributed by atoms with Crippen LogP contribution < -0.4 is 16.8 Å². The van der Waals surface area contributed by atoms with Crippen LogP contribution in [-0.4, -0.2) is 34.0 Å². The molecule has 12 heavy (non-hydrogen) atoms. The number of urea groups is 2. The second kappa shape index (κ2) is 9.93. The van der Waals surface area contributed by atoms with E-state index in [2.05, 4.69) is 26.1 Å². The molecule has 8 heteroatoms. The van der Waals surface area contributed by atoms with Crippen molar-refractivity contribution in [2.75, 3.05) is 0 Å². The zero-order valence-corrected chi connectivity index (χ0v) is 7.59. The molecule has 5 nitrogen and oxygen atoms in total. The van der Waals surface area contributed by atoms with Gasteiger partial charge >= 0.3 is 12.1 Å². The van der Waals surface area contributed by atoms with Gasteiger partial charge in [-0.05, 0) is 0 Å². The summed E-state index contributed by atoms with van der Waals surface area (Å²) >= 11 is 0. The van der Waals surface area contributed by atoms with Gasteiger partial charge in [-0.25, -0.2) is 9.59 Å². The van der Waals surface area contributed by atoms with Gasteiger partial charge in [0.2, 0.25) is 0 Å². The summed E-state index contributed by atoms with van der Waals surface area (Å²) in [6.07, 6.45) is 1.34. The van der Waals surface area contributed by atoms with Gasteiger partial charge in [0.1, 0.15) is 0 Å². The van der Waals surface area contributed by atoms with Gasteiger partial charge in [-0.1, -0.05) is 13.2 Å². The van der Waals surface area contributed by atoms with Crippen LogP contribution in [0, 0.1) is 0 Å². The van der Waals surface area contributed by atoms with E-state index in [9.17, 15) is 9.59 Å². The van der Waals surface area contributed by atoms with Gasteiger partial charge in [-0.3, -0.25) is 5.32 Å². The smallest absolute Gasteiger partial charge is 0.320 e. The molecule has 0 unspecified atom stereocenters. The third-order valence-electron chi connectivity index (χ3n) is 0.954. The molecule has 0 radical (unpaired) electrons. The zero-order valence-electron chi connectivity index (χ0n) is 7.59. The van der Waals surface area contributed by atoms with Gasteiger partial charge in [0.25, 0.3) is 0 Å². The van der Waals surface area contributed by atoms with E-state index in [1.807, 2.05) is 0 Å². The molecule has 0 saturated heterocycles. The normalized spacial score (nSPS) is 7.08. The van der Waals surface area contributed by atoms with Crippen molar-refractivity contribution >= 4 is 34.0 Å². The quantitative estimate of drug-likeness (QED) is 0.397. The number of primary amides is 2. The van der Waals surface area contributed by atoms with Crippen molar-refractivity contribution < 1.29 is 9.59 Å². The molecule has 0 heterocycles. The van der Waals surface area contributed by atoms with Crippen LogP contribution in [0.4, 0.5) is 9.59 Å². The standard InChI is InChI=1S/C2H9B3.C2H5N3O2/c1-2-4-5-3;3-1(6)5-2(4)7/h4-5H,2-3H2,1H3;(H5,3,4,5,6,7). The second-order valence-corrected chi connectivity index (χ2v) is 2.21. The summed E-state index contributed by atoms with van der Waals surface area (Å²) in [6, 6.07) is -1.88. The van der Waals surface area contributed by atoms with Crippen molar-refractivity contribution in [2.45, 2.75) is 13.2 Å². The highest BCUT2D eigenvalue weighted by Gasteiger charge is 1.92. The summed E-state index contributed by atoms with van der Waals surface area (Å²) in [7, 11) is 4.94. The molecule has 66 valence electrons. The molecule has 0 aromatic rings. The molecule has 0 atom stereocenters. The van der Waals surface area contributed by atoms with Gasteiger partial charge in [0.15, 0.2) is 0 Å². The van der Waals surface area contributed by atoms with Crippen molar-refractivity contribution in [1.82, 2.24) is 5.32 Å². The number of hydrogen-bond acceptors (Lipinski definition) is 2. The van der Waals surface area contributed by atoms with Gasteiger partial charge < -0.3 is 11.5 Å². The van der Waals surface area contributed by atoms with E-state index in [1.54, 1.807) is 5.32 Å². The first-order chi connectivity index (χ1) is 5.54. The molecule has 0 saturated carbocycles. The van der Waals surface area contributed by atoms with E-state index in [0.717, 1.165) is 0 Å². The van der Waals surface area contributed by atoms with Gasteiger partial charge in [-0.2, -0.15) is 0 Å². The molecule has 0 rings (SSSR count). The molecule has 0 aliphatic carbocycles. The van der Waals surface area contributed by atoms with E-state index in [4.69, 9.17) is 0 Å². The minimum Gasteiger partial charge on any atom is -0.351 e. The molecule has 0 fully saturated rings. The van der Waals surface area contributed by atoms with E-state index < -0.39 is 12.1 Å². The molecule has 0 aliphatic rings. The molecule has 0 aromatic heterocycles. The van der Waals surface area contributed by atoms with Crippen molar-refractivity contribution in [2.24, 2.45) is 11.5 Å². The highest BCUT2D eigenvalue weighted by molar-refractivity contribution is 7.23. The Morgan fingerprint density at radius 2 is 1.83 bits per heavy atom. The maximum atomic E-state index is 9.62. The number of carbonyl (C=O) groups excluding carboxylic acids is 2. The van der Waals surface area contributed by atoms with Crippen LogP contribution in [0.15, 0.2) is 0 Å². The van der Waals surface area contributed by atoms with Crippen LogP contribution in [-0.2, 0) is 0 Å². The van der Waals surface area contributed by atoms with Crippen molar-refractivity contribution in [3.63, 3.8) is 0 Å². The summed E-state index contributed by atoms with van der Waals surface area (Å²) < 4.78 is 0. The number of hydrogen-bond donors (Lipinski definition) is 3. The predicted octanol–water partition coefficient (Wildman–Crippen LogP) is -2.51. The first kappa shape index (κ1) is 13.5. The first-order valence-electron chi connectivity index (χ1n) is 3.90. The van der Waals surface area contributed by atoms with E-state index in [0.29, 0.717) is 0 Å². The van der Waals surface area contributed by atoms with Crippen LogP contribution in [0.3, 0.4) is 0 Å². The fourth-order valence-corrected chi connectivity index (χ4v) is 0.475. The van der Waals surface area contributed by atoms with Crippen molar-refractivity contribution in [3.8, 4) is 0 Å². The van der Waals surface area contributed by atoms with Crippen LogP contribution in [0.1, 0.15) is 6.92 Å². The SMILES string of the molecule is BBBCC.NC(=O)NC(N)=O. The monoisotopic (exact) mass is 169 g/mol. The molecule has 0 aromatic carbocycles. The molecule has 4 amide bonds. The Balaban J connectivity index is 0. The topological polar surface area (TPSA) is 98.2 Å². The summed E-state index contributed by atoms with van der Waals surface area (Å²) in [6.45, 7) is 2.21. The number of nitrogens with one attached hydrogen (secondary N) is 1. The lowest BCUT2D eigenvalue weighted by Crippen LogP contribution is -2.38. The molecule has 0 spiro atoms. The van der Waals surface area contributed by atoms with Crippen LogP contribution in [0.25, 0.3) is 0 Å². The number of rotatable bonds is 2. The van der Waals surface area contributed by atoms with Gasteiger partial charge in [0, 0.05) is 0 Å². The Labute approximate surface area is 74.5 Å². The lowest BCUT2D eigenvalue weighted by molar-refractivity contribution is 0.236. The highest BCUT2D eigenvalue weighted by Crippen LogP contribution is 1.63. The van der Waals surface area contributed by atoms with Crippen LogP contribution in [0.2, 0.25) is 6.32 Å². The average molecular weight is 169 g/mol.